The van der Waals surface area contributed by atoms with Gasteiger partial charge in [-0.1, -0.05) is 47.6 Å². The topological polar surface area (TPSA) is 56.7 Å². The number of hydrogen-bond acceptors (Lipinski definition) is 5. The molecule has 0 radical (unpaired) electrons. The van der Waals surface area contributed by atoms with E-state index >= 15 is 0 Å². The third-order valence-electron chi connectivity index (χ3n) is 3.91. The molecule has 0 aromatic heterocycles. The van der Waals surface area contributed by atoms with Crippen LogP contribution < -0.4 is 15.8 Å². The smallest absolute Gasteiger partial charge is 0.248 e. The third kappa shape index (κ3) is 6.29. The maximum absolute atomic E-state index is 14.2. The van der Waals surface area contributed by atoms with Crippen molar-refractivity contribution < 1.29 is 9.18 Å². The zero-order valence-corrected chi connectivity index (χ0v) is 17.4. The fraction of sp³-hybridized carbons (Fsp3) is 0.263. The van der Waals surface area contributed by atoms with Crippen molar-refractivity contribution in [3.63, 3.8) is 0 Å². The van der Waals surface area contributed by atoms with Gasteiger partial charge >= 0.3 is 0 Å². The van der Waals surface area contributed by atoms with E-state index in [1.54, 1.807) is 17.1 Å². The molecular formula is C19H21Cl2FN4OS. The molecule has 1 aliphatic heterocycles. The number of nitrogens with zero attached hydrogens (tertiary/aromatic N) is 2. The van der Waals surface area contributed by atoms with Crippen LogP contribution in [0, 0.1) is 5.82 Å². The first kappa shape index (κ1) is 22.3. The lowest BCUT2D eigenvalue weighted by molar-refractivity contribution is -0.118. The Morgan fingerprint density at radius 2 is 2.04 bits per heavy atom. The number of carbonyl (C=O) groups excluding carboxylic acids is 1. The van der Waals surface area contributed by atoms with Crippen LogP contribution in [0.25, 0.3) is 0 Å². The molecule has 3 rings (SSSR count). The van der Waals surface area contributed by atoms with E-state index < -0.39 is 5.82 Å². The minimum Gasteiger partial charge on any atom is -0.365 e. The highest BCUT2D eigenvalue weighted by Gasteiger charge is 2.16. The van der Waals surface area contributed by atoms with Gasteiger partial charge in [-0.2, -0.15) is 0 Å². The first-order valence-corrected chi connectivity index (χ1v) is 9.96. The number of amidine groups is 1. The largest absolute Gasteiger partial charge is 0.365 e. The first-order valence-electron chi connectivity index (χ1n) is 8.59. The summed E-state index contributed by atoms with van der Waals surface area (Å²) in [6.45, 7) is 1.76. The lowest BCUT2D eigenvalue weighted by Gasteiger charge is -2.26. The van der Waals surface area contributed by atoms with Crippen molar-refractivity contribution in [3.8, 4) is 0 Å². The lowest BCUT2D eigenvalue weighted by Crippen LogP contribution is -2.43. The van der Waals surface area contributed by atoms with Crippen LogP contribution in [0.15, 0.2) is 53.5 Å². The van der Waals surface area contributed by atoms with E-state index in [2.05, 4.69) is 15.7 Å². The van der Waals surface area contributed by atoms with Gasteiger partial charge in [-0.3, -0.25) is 20.2 Å². The Kier molecular flexibility index (Phi) is 8.89. The second kappa shape index (κ2) is 11.1. The Morgan fingerprint density at radius 1 is 1.25 bits per heavy atom. The van der Waals surface area contributed by atoms with Gasteiger partial charge in [0.05, 0.1) is 18.0 Å². The monoisotopic (exact) mass is 442 g/mol. The quantitative estimate of drug-likeness (QED) is 0.663. The SMILES string of the molecule is Cl.O=C(CSC1=NCCCN1)NN(Cc1c(F)cccc1Cl)c1ccccc1. The predicted molar refractivity (Wildman–Crippen MR) is 117 cm³/mol. The Hall–Kier alpha value is -1.96. The van der Waals surface area contributed by atoms with Crippen molar-refractivity contribution in [2.75, 3.05) is 23.9 Å². The second-order valence-corrected chi connectivity index (χ2v) is 7.28. The van der Waals surface area contributed by atoms with Gasteiger partial charge < -0.3 is 5.32 Å². The van der Waals surface area contributed by atoms with Crippen LogP contribution in [0.5, 0.6) is 0 Å². The minimum absolute atomic E-state index is 0. The second-order valence-electron chi connectivity index (χ2n) is 5.91. The average Bonchev–Trinajstić information content (AvgIpc) is 2.70. The van der Waals surface area contributed by atoms with Crippen molar-refractivity contribution in [1.82, 2.24) is 10.7 Å². The van der Waals surface area contributed by atoms with Crippen molar-refractivity contribution >= 4 is 52.5 Å². The number of para-hydroxylation sites is 1. The Labute approximate surface area is 179 Å². The van der Waals surface area contributed by atoms with Crippen molar-refractivity contribution in [3.05, 3.63) is 64.9 Å². The average molecular weight is 443 g/mol. The highest BCUT2D eigenvalue weighted by molar-refractivity contribution is 8.14. The standard InChI is InChI=1S/C19H20ClFN4OS.ClH/c20-16-8-4-9-17(21)15(16)12-25(14-6-2-1-3-7-14)24-18(26)13-27-19-22-10-5-11-23-19;/h1-4,6-9H,5,10-13H2,(H,22,23)(H,24,26);1H. The van der Waals surface area contributed by atoms with Crippen LogP contribution in [0.2, 0.25) is 5.02 Å². The van der Waals surface area contributed by atoms with Crippen LogP contribution in [0.3, 0.4) is 0 Å². The van der Waals surface area contributed by atoms with Gasteiger partial charge in [0, 0.05) is 23.7 Å². The molecule has 1 aliphatic rings. The number of hydrazine groups is 1. The van der Waals surface area contributed by atoms with Gasteiger partial charge in [-0.25, -0.2) is 4.39 Å². The molecule has 0 unspecified atom stereocenters. The summed E-state index contributed by atoms with van der Waals surface area (Å²) in [5.41, 5.74) is 3.91. The number of rotatable bonds is 6. The fourth-order valence-corrected chi connectivity index (χ4v) is 3.51. The molecule has 5 nitrogen and oxygen atoms in total. The highest BCUT2D eigenvalue weighted by atomic mass is 35.5. The van der Waals surface area contributed by atoms with Crippen LogP contribution >= 0.6 is 35.8 Å². The Balaban J connectivity index is 0.00000280. The summed E-state index contributed by atoms with van der Waals surface area (Å²) in [5, 5.41) is 5.86. The summed E-state index contributed by atoms with van der Waals surface area (Å²) in [7, 11) is 0. The number of anilines is 1. The Morgan fingerprint density at radius 3 is 2.71 bits per heavy atom. The molecule has 0 bridgehead atoms. The van der Waals surface area contributed by atoms with E-state index in [1.807, 2.05) is 30.3 Å². The maximum atomic E-state index is 14.2. The first-order chi connectivity index (χ1) is 13.1. The van der Waals surface area contributed by atoms with Crippen LogP contribution in [-0.2, 0) is 11.3 Å². The molecule has 9 heteroatoms. The summed E-state index contributed by atoms with van der Waals surface area (Å²) in [4.78, 5) is 16.8. The predicted octanol–water partition coefficient (Wildman–Crippen LogP) is 4.02. The molecule has 2 aromatic rings. The molecule has 0 spiro atoms. The van der Waals surface area contributed by atoms with Gasteiger partial charge in [0.1, 0.15) is 5.82 Å². The summed E-state index contributed by atoms with van der Waals surface area (Å²) in [6, 6.07) is 13.8. The van der Waals surface area contributed by atoms with E-state index in [-0.39, 0.29) is 30.6 Å². The van der Waals surface area contributed by atoms with Gasteiger partial charge in [0.25, 0.3) is 0 Å². The molecule has 0 saturated heterocycles. The molecule has 0 fully saturated rings. The Bertz CT molecular complexity index is 803. The van der Waals surface area contributed by atoms with Crippen LogP contribution in [-0.4, -0.2) is 29.9 Å². The molecular weight excluding hydrogens is 422 g/mol. The number of benzene rings is 2. The number of aliphatic imine (C=N–C) groups is 1. The zero-order valence-electron chi connectivity index (χ0n) is 15.0. The minimum atomic E-state index is -0.409. The van der Waals surface area contributed by atoms with E-state index in [1.165, 1.54) is 17.8 Å². The molecule has 0 atom stereocenters. The number of nitrogens with one attached hydrogen (secondary N) is 2. The van der Waals surface area contributed by atoms with Crippen molar-refractivity contribution in [2.24, 2.45) is 4.99 Å². The number of carbonyl (C=O) groups is 1. The van der Waals surface area contributed by atoms with Gasteiger partial charge in [0.15, 0.2) is 5.17 Å². The van der Waals surface area contributed by atoms with Gasteiger partial charge in [0.2, 0.25) is 5.91 Å². The number of thioether (sulfide) groups is 1. The summed E-state index contributed by atoms with van der Waals surface area (Å²) in [6.07, 6.45) is 1.00. The van der Waals surface area contributed by atoms with Crippen molar-refractivity contribution in [2.45, 2.75) is 13.0 Å². The molecule has 1 amide bonds. The van der Waals surface area contributed by atoms with Crippen LogP contribution in [0.1, 0.15) is 12.0 Å². The molecule has 0 saturated carbocycles. The molecule has 0 aliphatic carbocycles. The number of amides is 1. The molecule has 1 heterocycles. The van der Waals surface area contributed by atoms with E-state index in [9.17, 15) is 9.18 Å². The van der Waals surface area contributed by atoms with E-state index in [0.29, 0.717) is 10.6 Å². The normalized spacial score (nSPS) is 13.0. The van der Waals surface area contributed by atoms with Crippen molar-refractivity contribution in [1.29, 1.82) is 0 Å². The lowest BCUT2D eigenvalue weighted by atomic mass is 10.2. The van der Waals surface area contributed by atoms with Gasteiger partial charge in [-0.15, -0.1) is 12.4 Å². The summed E-state index contributed by atoms with van der Waals surface area (Å²) >= 11 is 7.51. The summed E-state index contributed by atoms with van der Waals surface area (Å²) in [5.74, 6) is -0.403. The highest BCUT2D eigenvalue weighted by Crippen LogP contribution is 2.23. The maximum Gasteiger partial charge on any atom is 0.248 e. The molecule has 2 N–H and O–H groups in total. The van der Waals surface area contributed by atoms with Crippen LogP contribution in [0.4, 0.5) is 10.1 Å². The number of halogens is 3. The summed E-state index contributed by atoms with van der Waals surface area (Å²) < 4.78 is 14.2. The zero-order chi connectivity index (χ0) is 19.1. The third-order valence-corrected chi connectivity index (χ3v) is 5.22. The molecule has 150 valence electrons. The van der Waals surface area contributed by atoms with E-state index in [0.717, 1.165) is 30.4 Å². The number of hydrogen-bond donors (Lipinski definition) is 2. The fourth-order valence-electron chi connectivity index (χ4n) is 2.57. The van der Waals surface area contributed by atoms with Gasteiger partial charge in [-0.05, 0) is 30.7 Å². The molecule has 28 heavy (non-hydrogen) atoms. The molecule has 2 aromatic carbocycles. The van der Waals surface area contributed by atoms with E-state index in [4.69, 9.17) is 11.6 Å².